The number of carbonyl (C=O) groups is 2. The zero-order valence-corrected chi connectivity index (χ0v) is 10.1. The van der Waals surface area contributed by atoms with Gasteiger partial charge in [0.2, 0.25) is 5.91 Å². The Morgan fingerprint density at radius 3 is 2.76 bits per heavy atom. The minimum atomic E-state index is -0.453. The SMILES string of the molecule is CNC(=O)NC(=O)CN1CC2CCC(N)C2C1. The highest BCUT2D eigenvalue weighted by Crippen LogP contribution is 2.36. The van der Waals surface area contributed by atoms with Crippen LogP contribution in [0.3, 0.4) is 0 Å². The maximum absolute atomic E-state index is 11.5. The van der Waals surface area contributed by atoms with E-state index in [1.807, 2.05) is 0 Å². The van der Waals surface area contributed by atoms with E-state index in [4.69, 9.17) is 5.73 Å². The molecular formula is C11H20N4O2. The van der Waals surface area contributed by atoms with Crippen LogP contribution in [0.1, 0.15) is 12.8 Å². The molecule has 0 aromatic carbocycles. The first-order chi connectivity index (χ1) is 8.10. The van der Waals surface area contributed by atoms with E-state index >= 15 is 0 Å². The van der Waals surface area contributed by atoms with Crippen LogP contribution in [0.25, 0.3) is 0 Å². The first kappa shape index (κ1) is 12.3. The van der Waals surface area contributed by atoms with Gasteiger partial charge in [0.15, 0.2) is 0 Å². The highest BCUT2D eigenvalue weighted by molar-refractivity contribution is 5.95. The summed E-state index contributed by atoms with van der Waals surface area (Å²) in [5.41, 5.74) is 6.02. The van der Waals surface area contributed by atoms with Gasteiger partial charge in [0.25, 0.3) is 0 Å². The van der Waals surface area contributed by atoms with Crippen molar-refractivity contribution < 1.29 is 9.59 Å². The average molecular weight is 240 g/mol. The molecule has 1 saturated heterocycles. The third-order valence-corrected chi connectivity index (χ3v) is 3.84. The summed E-state index contributed by atoms with van der Waals surface area (Å²) in [6.07, 6.45) is 2.27. The third kappa shape index (κ3) is 2.76. The van der Waals surface area contributed by atoms with E-state index in [2.05, 4.69) is 15.5 Å². The van der Waals surface area contributed by atoms with Gasteiger partial charge in [-0.2, -0.15) is 0 Å². The zero-order chi connectivity index (χ0) is 12.4. The number of carbonyl (C=O) groups excluding carboxylic acids is 2. The number of urea groups is 1. The molecule has 0 aromatic rings. The molecule has 2 fully saturated rings. The quantitative estimate of drug-likeness (QED) is 0.584. The Labute approximate surface area is 101 Å². The molecule has 3 amide bonds. The van der Waals surface area contributed by atoms with Crippen LogP contribution in [0.15, 0.2) is 0 Å². The lowest BCUT2D eigenvalue weighted by molar-refractivity contribution is -0.121. The monoisotopic (exact) mass is 240 g/mol. The van der Waals surface area contributed by atoms with Crippen molar-refractivity contribution in [1.29, 1.82) is 0 Å². The van der Waals surface area contributed by atoms with Crippen LogP contribution in [-0.2, 0) is 4.79 Å². The fourth-order valence-corrected chi connectivity index (χ4v) is 2.96. The average Bonchev–Trinajstić information content (AvgIpc) is 2.81. The van der Waals surface area contributed by atoms with Crippen molar-refractivity contribution in [1.82, 2.24) is 15.5 Å². The minimum absolute atomic E-state index is 0.252. The standard InChI is InChI=1S/C11H20N4O2/c1-13-11(17)14-10(16)6-15-4-7-2-3-9(12)8(7)5-15/h7-9H,2-6,12H2,1H3,(H2,13,14,16,17). The van der Waals surface area contributed by atoms with E-state index in [-0.39, 0.29) is 18.5 Å². The van der Waals surface area contributed by atoms with Crippen molar-refractivity contribution in [2.45, 2.75) is 18.9 Å². The molecule has 2 rings (SSSR count). The molecule has 1 saturated carbocycles. The highest BCUT2D eigenvalue weighted by atomic mass is 16.2. The second-order valence-corrected chi connectivity index (χ2v) is 4.99. The molecular weight excluding hydrogens is 220 g/mol. The summed E-state index contributed by atoms with van der Waals surface area (Å²) in [5.74, 6) is 0.915. The number of imide groups is 1. The van der Waals surface area contributed by atoms with Gasteiger partial charge < -0.3 is 11.1 Å². The minimum Gasteiger partial charge on any atom is -0.341 e. The second-order valence-electron chi connectivity index (χ2n) is 4.99. The van der Waals surface area contributed by atoms with E-state index in [1.54, 1.807) is 0 Å². The van der Waals surface area contributed by atoms with Gasteiger partial charge in [-0.3, -0.25) is 15.0 Å². The Balaban J connectivity index is 1.78. The van der Waals surface area contributed by atoms with E-state index in [1.165, 1.54) is 13.5 Å². The molecule has 6 nitrogen and oxygen atoms in total. The summed E-state index contributed by atoms with van der Waals surface area (Å²) in [6, 6.07) is -0.168. The molecule has 4 N–H and O–H groups in total. The maximum atomic E-state index is 11.5. The molecule has 17 heavy (non-hydrogen) atoms. The van der Waals surface area contributed by atoms with Crippen LogP contribution in [0, 0.1) is 11.8 Å². The number of nitrogens with zero attached hydrogens (tertiary/aromatic N) is 1. The van der Waals surface area contributed by atoms with Crippen molar-refractivity contribution in [3.63, 3.8) is 0 Å². The van der Waals surface area contributed by atoms with Gasteiger partial charge in [-0.1, -0.05) is 0 Å². The summed E-state index contributed by atoms with van der Waals surface area (Å²) in [7, 11) is 1.49. The Kier molecular flexibility index (Phi) is 3.63. The number of amides is 3. The molecule has 3 atom stereocenters. The number of hydrogen-bond donors (Lipinski definition) is 3. The topological polar surface area (TPSA) is 87.5 Å². The third-order valence-electron chi connectivity index (χ3n) is 3.84. The molecule has 3 unspecified atom stereocenters. The van der Waals surface area contributed by atoms with Gasteiger partial charge in [0.1, 0.15) is 0 Å². The summed E-state index contributed by atoms with van der Waals surface area (Å²) in [4.78, 5) is 24.6. The first-order valence-electron chi connectivity index (χ1n) is 6.09. The van der Waals surface area contributed by atoms with E-state index < -0.39 is 6.03 Å². The van der Waals surface area contributed by atoms with Crippen LogP contribution < -0.4 is 16.4 Å². The van der Waals surface area contributed by atoms with Gasteiger partial charge in [0, 0.05) is 26.2 Å². The van der Waals surface area contributed by atoms with Crippen molar-refractivity contribution in [3.8, 4) is 0 Å². The molecule has 6 heteroatoms. The van der Waals surface area contributed by atoms with Crippen molar-refractivity contribution in [2.24, 2.45) is 17.6 Å². The van der Waals surface area contributed by atoms with Crippen LogP contribution in [0.2, 0.25) is 0 Å². The zero-order valence-electron chi connectivity index (χ0n) is 10.1. The lowest BCUT2D eigenvalue weighted by Gasteiger charge is -2.17. The number of fused-ring (bicyclic) bond motifs is 1. The van der Waals surface area contributed by atoms with Gasteiger partial charge in [-0.15, -0.1) is 0 Å². The first-order valence-corrected chi connectivity index (χ1v) is 6.09. The number of nitrogens with one attached hydrogen (secondary N) is 2. The summed E-state index contributed by atoms with van der Waals surface area (Å²) < 4.78 is 0. The molecule has 96 valence electrons. The Morgan fingerprint density at radius 2 is 2.12 bits per heavy atom. The number of hydrogen-bond acceptors (Lipinski definition) is 4. The smallest absolute Gasteiger partial charge is 0.321 e. The predicted molar refractivity (Wildman–Crippen MR) is 63.2 cm³/mol. The predicted octanol–water partition coefficient (Wildman–Crippen LogP) is -0.889. The van der Waals surface area contributed by atoms with Crippen molar-refractivity contribution >= 4 is 11.9 Å². The lowest BCUT2D eigenvalue weighted by Crippen LogP contribution is -2.43. The fraction of sp³-hybridized carbons (Fsp3) is 0.818. The number of nitrogens with two attached hydrogens (primary N) is 1. The molecule has 1 heterocycles. The van der Waals surface area contributed by atoms with Crippen LogP contribution in [0.4, 0.5) is 4.79 Å². The second kappa shape index (κ2) is 5.01. The summed E-state index contributed by atoms with van der Waals surface area (Å²) in [6.45, 7) is 2.10. The summed E-state index contributed by atoms with van der Waals surface area (Å²) >= 11 is 0. The van der Waals surface area contributed by atoms with E-state index in [0.717, 1.165) is 19.5 Å². The van der Waals surface area contributed by atoms with Crippen LogP contribution >= 0.6 is 0 Å². The maximum Gasteiger partial charge on any atom is 0.321 e. The number of likely N-dealkylation sites (tertiary alicyclic amines) is 1. The summed E-state index contributed by atoms with van der Waals surface area (Å²) in [5, 5.41) is 4.63. The van der Waals surface area contributed by atoms with Crippen molar-refractivity contribution in [3.05, 3.63) is 0 Å². The van der Waals surface area contributed by atoms with Crippen LogP contribution in [0.5, 0.6) is 0 Å². The molecule has 0 radical (unpaired) electrons. The molecule has 0 bridgehead atoms. The van der Waals surface area contributed by atoms with Gasteiger partial charge in [0.05, 0.1) is 6.54 Å². The van der Waals surface area contributed by atoms with Gasteiger partial charge in [-0.25, -0.2) is 4.79 Å². The van der Waals surface area contributed by atoms with Gasteiger partial charge >= 0.3 is 6.03 Å². The highest BCUT2D eigenvalue weighted by Gasteiger charge is 2.41. The number of rotatable bonds is 2. The Hall–Kier alpha value is -1.14. The normalized spacial score (nSPS) is 32.2. The molecule has 2 aliphatic rings. The van der Waals surface area contributed by atoms with Crippen molar-refractivity contribution in [2.75, 3.05) is 26.7 Å². The van der Waals surface area contributed by atoms with Gasteiger partial charge in [-0.05, 0) is 24.7 Å². The largest absolute Gasteiger partial charge is 0.341 e. The Bertz CT molecular complexity index is 321. The molecule has 1 aliphatic carbocycles. The fourth-order valence-electron chi connectivity index (χ4n) is 2.96. The van der Waals surface area contributed by atoms with E-state index in [0.29, 0.717) is 11.8 Å². The molecule has 0 spiro atoms. The van der Waals surface area contributed by atoms with E-state index in [9.17, 15) is 9.59 Å². The Morgan fingerprint density at radius 1 is 1.35 bits per heavy atom. The molecule has 1 aliphatic heterocycles. The van der Waals surface area contributed by atoms with Crippen LogP contribution in [-0.4, -0.2) is 49.6 Å². The molecule has 0 aromatic heterocycles. The lowest BCUT2D eigenvalue weighted by atomic mass is 9.98.